The molecule has 3 N–H and O–H groups in total. The van der Waals surface area contributed by atoms with Crippen LogP contribution in [0.1, 0.15) is 20.0 Å². The summed E-state index contributed by atoms with van der Waals surface area (Å²) in [7, 11) is 0. The monoisotopic (exact) mass is 248 g/mol. The SMILES string of the molecule is Nc1ncc(-c2ccc(C=O)s2)cc1C(=O)O. The number of rotatable bonds is 3. The van der Waals surface area contributed by atoms with Crippen LogP contribution in [0.4, 0.5) is 5.82 Å². The highest BCUT2D eigenvalue weighted by Gasteiger charge is 2.11. The molecule has 0 spiro atoms. The first kappa shape index (κ1) is 11.3. The van der Waals surface area contributed by atoms with Gasteiger partial charge in [0.25, 0.3) is 0 Å². The van der Waals surface area contributed by atoms with Gasteiger partial charge in [-0.3, -0.25) is 4.79 Å². The second-order valence-corrected chi connectivity index (χ2v) is 4.40. The standard InChI is InChI=1S/C11H8N2O3S/c12-10-8(11(15)16)3-6(4-13-10)9-2-1-7(5-14)17-9/h1-5H,(H2,12,13)(H,15,16). The van der Waals surface area contributed by atoms with Crippen molar-refractivity contribution < 1.29 is 14.7 Å². The zero-order valence-corrected chi connectivity index (χ0v) is 9.40. The molecule has 0 fully saturated rings. The van der Waals surface area contributed by atoms with E-state index in [-0.39, 0.29) is 11.4 Å². The van der Waals surface area contributed by atoms with Crippen LogP contribution in [0.25, 0.3) is 10.4 Å². The van der Waals surface area contributed by atoms with E-state index in [1.165, 1.54) is 23.6 Å². The maximum absolute atomic E-state index is 10.9. The average Bonchev–Trinajstić information content (AvgIpc) is 2.78. The minimum absolute atomic E-state index is 0.0200. The van der Waals surface area contributed by atoms with Gasteiger partial charge in [0, 0.05) is 16.6 Å². The summed E-state index contributed by atoms with van der Waals surface area (Å²) in [5, 5.41) is 8.92. The summed E-state index contributed by atoms with van der Waals surface area (Å²) >= 11 is 1.27. The van der Waals surface area contributed by atoms with E-state index >= 15 is 0 Å². The van der Waals surface area contributed by atoms with Crippen LogP contribution in [0, 0.1) is 0 Å². The van der Waals surface area contributed by atoms with Gasteiger partial charge < -0.3 is 10.8 Å². The Hall–Kier alpha value is -2.21. The Morgan fingerprint density at radius 1 is 1.47 bits per heavy atom. The van der Waals surface area contributed by atoms with E-state index in [2.05, 4.69) is 4.98 Å². The van der Waals surface area contributed by atoms with Crippen molar-refractivity contribution in [3.8, 4) is 10.4 Å². The molecule has 0 atom stereocenters. The molecule has 2 heterocycles. The lowest BCUT2D eigenvalue weighted by atomic mass is 10.1. The Labute approximate surface area is 101 Å². The van der Waals surface area contributed by atoms with Crippen LogP contribution >= 0.6 is 11.3 Å². The van der Waals surface area contributed by atoms with Gasteiger partial charge in [0.1, 0.15) is 11.4 Å². The number of anilines is 1. The topological polar surface area (TPSA) is 93.3 Å². The van der Waals surface area contributed by atoms with Gasteiger partial charge in [-0.2, -0.15) is 0 Å². The zero-order valence-electron chi connectivity index (χ0n) is 8.58. The molecule has 2 aromatic heterocycles. The van der Waals surface area contributed by atoms with Crippen LogP contribution in [-0.4, -0.2) is 22.3 Å². The van der Waals surface area contributed by atoms with E-state index in [1.807, 2.05) is 0 Å². The van der Waals surface area contributed by atoms with E-state index in [9.17, 15) is 9.59 Å². The molecule has 0 radical (unpaired) electrons. The van der Waals surface area contributed by atoms with Crippen molar-refractivity contribution >= 4 is 29.4 Å². The second-order valence-electron chi connectivity index (χ2n) is 3.28. The largest absolute Gasteiger partial charge is 0.478 e. The Bertz CT molecular complexity index is 592. The number of aromatic nitrogens is 1. The number of aldehydes is 1. The van der Waals surface area contributed by atoms with E-state index in [4.69, 9.17) is 10.8 Å². The van der Waals surface area contributed by atoms with E-state index in [0.717, 1.165) is 11.2 Å². The molecule has 17 heavy (non-hydrogen) atoms. The molecule has 0 unspecified atom stereocenters. The number of carboxylic acids is 1. The number of nitrogen functional groups attached to an aromatic ring is 1. The fourth-order valence-corrected chi connectivity index (χ4v) is 2.16. The first-order valence-corrected chi connectivity index (χ1v) is 5.47. The zero-order chi connectivity index (χ0) is 12.4. The molecule has 0 saturated heterocycles. The molecule has 6 heteroatoms. The van der Waals surface area contributed by atoms with Crippen LogP contribution in [0.15, 0.2) is 24.4 Å². The normalized spacial score (nSPS) is 10.1. The van der Waals surface area contributed by atoms with Crippen LogP contribution in [0.5, 0.6) is 0 Å². The molecule has 0 aromatic carbocycles. The van der Waals surface area contributed by atoms with Gasteiger partial charge in [0.2, 0.25) is 0 Å². The molecule has 0 saturated carbocycles. The summed E-state index contributed by atoms with van der Waals surface area (Å²) in [6, 6.07) is 4.86. The molecule has 5 nitrogen and oxygen atoms in total. The van der Waals surface area contributed by atoms with Crippen LogP contribution in [0.2, 0.25) is 0 Å². The maximum atomic E-state index is 10.9. The Morgan fingerprint density at radius 3 is 2.82 bits per heavy atom. The van der Waals surface area contributed by atoms with Gasteiger partial charge in [-0.1, -0.05) is 0 Å². The van der Waals surface area contributed by atoms with Crippen LogP contribution < -0.4 is 5.73 Å². The average molecular weight is 248 g/mol. The highest BCUT2D eigenvalue weighted by atomic mass is 32.1. The van der Waals surface area contributed by atoms with Gasteiger partial charge in [-0.05, 0) is 18.2 Å². The fourth-order valence-electron chi connectivity index (χ4n) is 1.35. The smallest absolute Gasteiger partial charge is 0.339 e. The number of carboxylic acid groups (broad SMARTS) is 1. The van der Waals surface area contributed by atoms with Gasteiger partial charge in [-0.15, -0.1) is 11.3 Å². The second kappa shape index (κ2) is 4.34. The van der Waals surface area contributed by atoms with Gasteiger partial charge in [0.05, 0.1) is 4.88 Å². The number of carbonyl (C=O) groups excluding carboxylic acids is 1. The molecule has 0 amide bonds. The number of carbonyl (C=O) groups is 2. The summed E-state index contributed by atoms with van der Waals surface area (Å²) in [6.45, 7) is 0. The molecular weight excluding hydrogens is 240 g/mol. The van der Waals surface area contributed by atoms with Gasteiger partial charge in [0.15, 0.2) is 6.29 Å². The van der Waals surface area contributed by atoms with E-state index in [1.54, 1.807) is 12.1 Å². The highest BCUT2D eigenvalue weighted by Crippen LogP contribution is 2.28. The maximum Gasteiger partial charge on any atom is 0.339 e. The van der Waals surface area contributed by atoms with Crippen molar-refractivity contribution in [3.63, 3.8) is 0 Å². The Balaban J connectivity index is 2.49. The van der Waals surface area contributed by atoms with Crippen molar-refractivity contribution in [2.45, 2.75) is 0 Å². The molecule has 0 aliphatic heterocycles. The summed E-state index contributed by atoms with van der Waals surface area (Å²) in [4.78, 5) is 26.6. The molecule has 2 aromatic rings. The number of pyridine rings is 1. The Morgan fingerprint density at radius 2 is 2.24 bits per heavy atom. The lowest BCUT2D eigenvalue weighted by molar-refractivity contribution is 0.0697. The molecule has 0 aliphatic rings. The molecular formula is C11H8N2O3S. The summed E-state index contributed by atoms with van der Waals surface area (Å²) in [5.41, 5.74) is 6.05. The summed E-state index contributed by atoms with van der Waals surface area (Å²) in [6.07, 6.45) is 2.24. The predicted octanol–water partition coefficient (Wildman–Crippen LogP) is 1.90. The van der Waals surface area contributed by atoms with Gasteiger partial charge in [-0.25, -0.2) is 9.78 Å². The van der Waals surface area contributed by atoms with Crippen molar-refractivity contribution in [2.24, 2.45) is 0 Å². The third-order valence-corrected chi connectivity index (χ3v) is 3.24. The first-order valence-electron chi connectivity index (χ1n) is 4.66. The lowest BCUT2D eigenvalue weighted by Gasteiger charge is -2.02. The van der Waals surface area contributed by atoms with Crippen molar-refractivity contribution in [3.05, 3.63) is 34.8 Å². The summed E-state index contributed by atoms with van der Waals surface area (Å²) < 4.78 is 0. The van der Waals surface area contributed by atoms with Crippen LogP contribution in [-0.2, 0) is 0 Å². The lowest BCUT2D eigenvalue weighted by Crippen LogP contribution is -2.04. The quantitative estimate of drug-likeness (QED) is 0.809. The highest BCUT2D eigenvalue weighted by molar-refractivity contribution is 7.17. The minimum Gasteiger partial charge on any atom is -0.478 e. The summed E-state index contributed by atoms with van der Waals surface area (Å²) in [5.74, 6) is -1.14. The van der Waals surface area contributed by atoms with Crippen molar-refractivity contribution in [2.75, 3.05) is 5.73 Å². The number of aromatic carboxylic acids is 1. The van der Waals surface area contributed by atoms with Crippen LogP contribution in [0.3, 0.4) is 0 Å². The minimum atomic E-state index is -1.12. The Kier molecular flexibility index (Phi) is 2.88. The third-order valence-electron chi connectivity index (χ3n) is 2.18. The van der Waals surface area contributed by atoms with Crippen molar-refractivity contribution in [1.82, 2.24) is 4.98 Å². The van der Waals surface area contributed by atoms with Gasteiger partial charge >= 0.3 is 5.97 Å². The molecule has 0 aliphatic carbocycles. The molecule has 2 rings (SSSR count). The number of thiophene rings is 1. The van der Waals surface area contributed by atoms with E-state index < -0.39 is 5.97 Å². The third kappa shape index (κ3) is 2.16. The number of hydrogen-bond donors (Lipinski definition) is 2. The predicted molar refractivity (Wildman–Crippen MR) is 64.3 cm³/mol. The number of nitrogens with two attached hydrogens (primary N) is 1. The fraction of sp³-hybridized carbons (Fsp3) is 0. The first-order chi connectivity index (χ1) is 8.11. The number of hydrogen-bond acceptors (Lipinski definition) is 5. The number of nitrogens with zero attached hydrogens (tertiary/aromatic N) is 1. The molecule has 0 bridgehead atoms. The van der Waals surface area contributed by atoms with Crippen molar-refractivity contribution in [1.29, 1.82) is 0 Å². The molecule has 86 valence electrons. The van der Waals surface area contributed by atoms with E-state index in [0.29, 0.717) is 10.4 Å².